The summed E-state index contributed by atoms with van der Waals surface area (Å²) in [5.74, 6) is 0. The molecule has 1 aromatic heterocycles. The summed E-state index contributed by atoms with van der Waals surface area (Å²) in [6, 6.07) is 21.7. The Balaban J connectivity index is 1.95. The van der Waals surface area contributed by atoms with Crippen molar-refractivity contribution in [2.45, 2.75) is 13.3 Å². The highest BCUT2D eigenvalue weighted by Gasteiger charge is 2.24. The van der Waals surface area contributed by atoms with E-state index in [-0.39, 0.29) is 0 Å². The smallest absolute Gasteiger partial charge is 0.0711 e. The Morgan fingerprint density at radius 3 is 2.45 bits per heavy atom. The van der Waals surface area contributed by atoms with Crippen LogP contribution in [0.25, 0.3) is 32.8 Å². The standard InChI is InChI=1S/C21H15N/c1-13-18-12-19-15-7-3-2-6-14(15)10-11-16(19)21(18)17-8-4-5-9-20(17)22-13/h2-11H,12H2,1H3. The number of fused-ring (bicyclic) bond motifs is 7. The number of aryl methyl sites for hydroxylation is 1. The van der Waals surface area contributed by atoms with Crippen molar-refractivity contribution in [3.05, 3.63) is 77.5 Å². The number of nitrogens with zero attached hydrogens (tertiary/aromatic N) is 1. The van der Waals surface area contributed by atoms with Crippen LogP contribution in [0, 0.1) is 6.92 Å². The number of benzene rings is 3. The van der Waals surface area contributed by atoms with E-state index in [1.54, 1.807) is 0 Å². The fraction of sp³-hybridized carbons (Fsp3) is 0.0952. The number of rotatable bonds is 0. The van der Waals surface area contributed by atoms with Gasteiger partial charge in [0, 0.05) is 17.5 Å². The van der Waals surface area contributed by atoms with Gasteiger partial charge in [0.2, 0.25) is 0 Å². The topological polar surface area (TPSA) is 12.9 Å². The molecule has 0 bridgehead atoms. The molecular weight excluding hydrogens is 266 g/mol. The third kappa shape index (κ3) is 1.46. The quantitative estimate of drug-likeness (QED) is 0.377. The van der Waals surface area contributed by atoms with E-state index >= 15 is 0 Å². The molecule has 4 aromatic rings. The fourth-order valence-corrected chi connectivity index (χ4v) is 3.84. The molecule has 0 unspecified atom stereocenters. The molecule has 1 aliphatic carbocycles. The van der Waals surface area contributed by atoms with Crippen molar-refractivity contribution in [3.8, 4) is 11.1 Å². The first-order valence-electron chi connectivity index (χ1n) is 7.72. The first kappa shape index (κ1) is 11.9. The summed E-state index contributed by atoms with van der Waals surface area (Å²) in [7, 11) is 0. The Hall–Kier alpha value is -2.67. The minimum atomic E-state index is 0.996. The maximum atomic E-state index is 4.81. The molecule has 1 nitrogen and oxygen atoms in total. The molecule has 1 aliphatic rings. The minimum absolute atomic E-state index is 0.996. The predicted octanol–water partition coefficient (Wildman–Crippen LogP) is 5.27. The molecule has 0 radical (unpaired) electrons. The molecule has 0 atom stereocenters. The van der Waals surface area contributed by atoms with Gasteiger partial charge in [-0.15, -0.1) is 0 Å². The van der Waals surface area contributed by atoms with E-state index in [9.17, 15) is 0 Å². The number of aromatic nitrogens is 1. The summed E-state index contributed by atoms with van der Waals surface area (Å²) in [6.45, 7) is 2.14. The maximum Gasteiger partial charge on any atom is 0.0711 e. The average Bonchev–Trinajstić information content (AvgIpc) is 2.96. The van der Waals surface area contributed by atoms with E-state index in [1.807, 2.05) is 0 Å². The van der Waals surface area contributed by atoms with Gasteiger partial charge in [0.25, 0.3) is 0 Å². The molecule has 0 aliphatic heterocycles. The lowest BCUT2D eigenvalue weighted by Crippen LogP contribution is -1.92. The highest BCUT2D eigenvalue weighted by molar-refractivity contribution is 6.04. The van der Waals surface area contributed by atoms with Crippen molar-refractivity contribution >= 4 is 21.7 Å². The normalized spacial score (nSPS) is 12.6. The van der Waals surface area contributed by atoms with Gasteiger partial charge < -0.3 is 0 Å². The lowest BCUT2D eigenvalue weighted by molar-refractivity contribution is 1.15. The van der Waals surface area contributed by atoms with Crippen LogP contribution in [0.2, 0.25) is 0 Å². The van der Waals surface area contributed by atoms with Gasteiger partial charge in [-0.1, -0.05) is 54.6 Å². The molecule has 104 valence electrons. The Kier molecular flexibility index (Phi) is 2.26. The SMILES string of the molecule is Cc1nc2ccccc2c2c1Cc1c-2ccc2ccccc12. The molecule has 3 aromatic carbocycles. The monoisotopic (exact) mass is 281 g/mol. The number of hydrogen-bond donors (Lipinski definition) is 0. The Morgan fingerprint density at radius 2 is 1.55 bits per heavy atom. The van der Waals surface area contributed by atoms with Crippen LogP contribution in [0.3, 0.4) is 0 Å². The summed E-state index contributed by atoms with van der Waals surface area (Å²) >= 11 is 0. The zero-order chi connectivity index (χ0) is 14.7. The molecule has 0 saturated carbocycles. The van der Waals surface area contributed by atoms with Gasteiger partial charge in [-0.2, -0.15) is 0 Å². The van der Waals surface area contributed by atoms with Gasteiger partial charge in [-0.05, 0) is 46.0 Å². The third-order valence-electron chi connectivity index (χ3n) is 4.86. The predicted molar refractivity (Wildman–Crippen MR) is 92.2 cm³/mol. The van der Waals surface area contributed by atoms with Crippen LogP contribution in [0.1, 0.15) is 16.8 Å². The van der Waals surface area contributed by atoms with Gasteiger partial charge in [0.15, 0.2) is 0 Å². The number of hydrogen-bond acceptors (Lipinski definition) is 1. The van der Waals surface area contributed by atoms with Crippen LogP contribution in [-0.4, -0.2) is 4.98 Å². The second-order valence-electron chi connectivity index (χ2n) is 6.06. The number of para-hydroxylation sites is 1. The summed E-state index contributed by atoms with van der Waals surface area (Å²) in [6.07, 6.45) is 0.996. The van der Waals surface area contributed by atoms with Crippen LogP contribution in [0.5, 0.6) is 0 Å². The average molecular weight is 281 g/mol. The van der Waals surface area contributed by atoms with Gasteiger partial charge in [-0.3, -0.25) is 4.98 Å². The van der Waals surface area contributed by atoms with Crippen molar-refractivity contribution in [2.24, 2.45) is 0 Å². The van der Waals surface area contributed by atoms with E-state index in [1.165, 1.54) is 38.4 Å². The lowest BCUT2D eigenvalue weighted by atomic mass is 9.97. The van der Waals surface area contributed by atoms with Crippen molar-refractivity contribution < 1.29 is 0 Å². The molecule has 22 heavy (non-hydrogen) atoms. The van der Waals surface area contributed by atoms with Crippen molar-refractivity contribution in [3.63, 3.8) is 0 Å². The minimum Gasteiger partial charge on any atom is -0.253 e. The fourth-order valence-electron chi connectivity index (χ4n) is 3.84. The van der Waals surface area contributed by atoms with Crippen LogP contribution >= 0.6 is 0 Å². The molecule has 5 rings (SSSR count). The number of pyridine rings is 1. The van der Waals surface area contributed by atoms with E-state index in [0.29, 0.717) is 0 Å². The summed E-state index contributed by atoms with van der Waals surface area (Å²) in [5, 5.41) is 3.97. The van der Waals surface area contributed by atoms with E-state index in [0.717, 1.165) is 17.6 Å². The van der Waals surface area contributed by atoms with E-state index in [4.69, 9.17) is 4.98 Å². The molecule has 0 amide bonds. The first-order chi connectivity index (χ1) is 10.8. The van der Waals surface area contributed by atoms with Gasteiger partial charge in [0.1, 0.15) is 0 Å². The highest BCUT2D eigenvalue weighted by Crippen LogP contribution is 2.44. The lowest BCUT2D eigenvalue weighted by Gasteiger charge is -2.09. The Morgan fingerprint density at radius 1 is 0.773 bits per heavy atom. The second kappa shape index (κ2) is 4.17. The molecule has 1 heterocycles. The van der Waals surface area contributed by atoms with Gasteiger partial charge in [-0.25, -0.2) is 0 Å². The summed E-state index contributed by atoms with van der Waals surface area (Å²) in [4.78, 5) is 4.81. The van der Waals surface area contributed by atoms with Crippen molar-refractivity contribution in [1.82, 2.24) is 4.98 Å². The summed E-state index contributed by atoms with van der Waals surface area (Å²) in [5.41, 5.74) is 7.88. The van der Waals surface area contributed by atoms with Crippen molar-refractivity contribution in [2.75, 3.05) is 0 Å². The molecule has 0 N–H and O–H groups in total. The largest absolute Gasteiger partial charge is 0.253 e. The summed E-state index contributed by atoms with van der Waals surface area (Å²) < 4.78 is 0. The van der Waals surface area contributed by atoms with Gasteiger partial charge >= 0.3 is 0 Å². The van der Waals surface area contributed by atoms with E-state index < -0.39 is 0 Å². The Bertz CT molecular complexity index is 1060. The molecule has 0 saturated heterocycles. The zero-order valence-corrected chi connectivity index (χ0v) is 12.4. The molecule has 1 heteroatoms. The highest BCUT2D eigenvalue weighted by atomic mass is 14.7. The van der Waals surface area contributed by atoms with Crippen LogP contribution in [0.4, 0.5) is 0 Å². The molecular formula is C21H15N. The van der Waals surface area contributed by atoms with Crippen LogP contribution in [-0.2, 0) is 6.42 Å². The second-order valence-corrected chi connectivity index (χ2v) is 6.06. The van der Waals surface area contributed by atoms with Crippen LogP contribution in [0.15, 0.2) is 60.7 Å². The maximum absolute atomic E-state index is 4.81. The van der Waals surface area contributed by atoms with Crippen LogP contribution < -0.4 is 0 Å². The van der Waals surface area contributed by atoms with E-state index in [2.05, 4.69) is 67.6 Å². The van der Waals surface area contributed by atoms with Gasteiger partial charge in [0.05, 0.1) is 5.52 Å². The first-order valence-corrected chi connectivity index (χ1v) is 7.72. The molecule has 0 spiro atoms. The third-order valence-corrected chi connectivity index (χ3v) is 4.86. The molecule has 0 fully saturated rings. The Labute approximate surface area is 129 Å². The van der Waals surface area contributed by atoms with Crippen molar-refractivity contribution in [1.29, 1.82) is 0 Å². The zero-order valence-electron chi connectivity index (χ0n) is 12.4.